The van der Waals surface area contributed by atoms with Crippen LogP contribution < -0.4 is 10.2 Å². The number of hydrogen-bond donors (Lipinski definition) is 2. The van der Waals surface area contributed by atoms with Crippen LogP contribution in [0.3, 0.4) is 0 Å². The second kappa shape index (κ2) is 9.11. The lowest BCUT2D eigenvalue weighted by Crippen LogP contribution is -2.17. The Balaban J connectivity index is 1.57. The van der Waals surface area contributed by atoms with Gasteiger partial charge in [0.05, 0.1) is 22.3 Å². The summed E-state index contributed by atoms with van der Waals surface area (Å²) in [6.07, 6.45) is 1.39. The van der Waals surface area contributed by atoms with Gasteiger partial charge in [-0.3, -0.25) is 14.9 Å². The van der Waals surface area contributed by atoms with Crippen LogP contribution in [0, 0.1) is 10.1 Å². The minimum Gasteiger partial charge on any atom is -0.507 e. The molecule has 0 saturated carbocycles. The molecule has 9 heteroatoms. The van der Waals surface area contributed by atoms with E-state index < -0.39 is 16.8 Å². The number of non-ortho nitro benzene ring substituents is 1. The van der Waals surface area contributed by atoms with Crippen molar-refractivity contribution < 1.29 is 24.4 Å². The Morgan fingerprint density at radius 2 is 1.67 bits per heavy atom. The van der Waals surface area contributed by atoms with Gasteiger partial charge in [-0.25, -0.2) is 10.2 Å². The number of phenolic OH excluding ortho intramolecular Hbond substituents is 1. The molecule has 3 rings (SSSR count). The normalized spacial score (nSPS) is 10.5. The van der Waals surface area contributed by atoms with Crippen molar-refractivity contribution in [2.24, 2.45) is 5.10 Å². The molecule has 0 saturated heterocycles. The van der Waals surface area contributed by atoms with E-state index >= 15 is 0 Å². The average molecular weight is 405 g/mol. The summed E-state index contributed by atoms with van der Waals surface area (Å²) >= 11 is 0. The number of nitrogens with one attached hydrogen (secondary N) is 1. The lowest BCUT2D eigenvalue weighted by atomic mass is 10.2. The Bertz CT molecular complexity index is 1110. The number of hydrogen-bond acceptors (Lipinski definition) is 7. The molecule has 3 aromatic rings. The van der Waals surface area contributed by atoms with Crippen molar-refractivity contribution in [2.75, 3.05) is 0 Å². The minimum atomic E-state index is -0.652. The zero-order valence-corrected chi connectivity index (χ0v) is 15.4. The fourth-order valence-electron chi connectivity index (χ4n) is 2.40. The molecule has 150 valence electrons. The monoisotopic (exact) mass is 405 g/mol. The molecule has 0 aliphatic carbocycles. The van der Waals surface area contributed by atoms with Gasteiger partial charge in [-0.1, -0.05) is 12.1 Å². The molecular formula is C21H15N3O6. The van der Waals surface area contributed by atoms with E-state index in [-0.39, 0.29) is 28.3 Å². The van der Waals surface area contributed by atoms with Crippen LogP contribution in [0.5, 0.6) is 11.5 Å². The molecule has 0 unspecified atom stereocenters. The number of rotatable bonds is 6. The van der Waals surface area contributed by atoms with Gasteiger partial charge in [-0.05, 0) is 54.1 Å². The van der Waals surface area contributed by atoms with Crippen LogP contribution in [0.4, 0.5) is 5.69 Å². The molecule has 0 bridgehead atoms. The van der Waals surface area contributed by atoms with Crippen LogP contribution in [0.1, 0.15) is 26.3 Å². The van der Waals surface area contributed by atoms with E-state index in [0.717, 1.165) is 0 Å². The highest BCUT2D eigenvalue weighted by molar-refractivity contribution is 5.97. The summed E-state index contributed by atoms with van der Waals surface area (Å²) in [5.74, 6) is -1.09. The van der Waals surface area contributed by atoms with Crippen molar-refractivity contribution in [3.63, 3.8) is 0 Å². The number of nitro groups is 1. The first-order chi connectivity index (χ1) is 14.4. The van der Waals surface area contributed by atoms with Crippen molar-refractivity contribution in [2.45, 2.75) is 0 Å². The number of phenols is 1. The molecule has 1 amide bonds. The van der Waals surface area contributed by atoms with E-state index in [1.54, 1.807) is 24.3 Å². The first kappa shape index (κ1) is 20.2. The predicted octanol–water partition coefficient (Wildman–Crippen LogP) is 3.28. The Morgan fingerprint density at radius 3 is 2.30 bits per heavy atom. The van der Waals surface area contributed by atoms with E-state index in [1.165, 1.54) is 54.7 Å². The number of esters is 1. The molecule has 30 heavy (non-hydrogen) atoms. The smallest absolute Gasteiger partial charge is 0.343 e. The number of nitro benzene ring substituents is 1. The SMILES string of the molecule is O=C(Oc1ccc(/C=N\NC(=O)c2ccccc2O)cc1)c1ccc([N+](=O)[O-])cc1. The zero-order chi connectivity index (χ0) is 21.5. The van der Waals surface area contributed by atoms with Gasteiger partial charge in [-0.15, -0.1) is 0 Å². The third-order valence-corrected chi connectivity index (χ3v) is 3.93. The minimum absolute atomic E-state index is 0.100. The largest absolute Gasteiger partial charge is 0.507 e. The van der Waals surface area contributed by atoms with Crippen LogP contribution in [-0.2, 0) is 0 Å². The van der Waals surface area contributed by atoms with Crippen LogP contribution in [0.25, 0.3) is 0 Å². The topological polar surface area (TPSA) is 131 Å². The molecule has 0 heterocycles. The van der Waals surface area contributed by atoms with E-state index in [1.807, 2.05) is 0 Å². The van der Waals surface area contributed by atoms with Gasteiger partial charge in [0.2, 0.25) is 0 Å². The first-order valence-corrected chi connectivity index (χ1v) is 8.62. The van der Waals surface area contributed by atoms with Gasteiger partial charge >= 0.3 is 5.97 Å². The highest BCUT2D eigenvalue weighted by Crippen LogP contribution is 2.17. The molecule has 9 nitrogen and oxygen atoms in total. The third kappa shape index (κ3) is 5.04. The molecule has 0 aromatic heterocycles. The van der Waals surface area contributed by atoms with Crippen molar-refractivity contribution >= 4 is 23.8 Å². The lowest BCUT2D eigenvalue weighted by molar-refractivity contribution is -0.384. The zero-order valence-electron chi connectivity index (χ0n) is 15.4. The van der Waals surface area contributed by atoms with Crippen LogP contribution in [0.2, 0.25) is 0 Å². The molecule has 0 aliphatic heterocycles. The predicted molar refractivity (Wildman–Crippen MR) is 108 cm³/mol. The maximum Gasteiger partial charge on any atom is 0.343 e. The standard InChI is InChI=1S/C21H15N3O6/c25-19-4-2-1-3-18(19)20(26)23-22-13-14-5-11-17(12-6-14)30-21(27)15-7-9-16(10-8-15)24(28)29/h1-13,25H,(H,23,26)/b22-13-. The molecule has 0 radical (unpaired) electrons. The Kier molecular flexibility index (Phi) is 6.14. The fourth-order valence-corrected chi connectivity index (χ4v) is 2.40. The van der Waals surface area contributed by atoms with Gasteiger partial charge in [0.1, 0.15) is 11.5 Å². The Hall–Kier alpha value is -4.53. The number of carbonyl (C=O) groups is 2. The van der Waals surface area contributed by atoms with Gasteiger partial charge in [0.25, 0.3) is 11.6 Å². The number of benzene rings is 3. The second-order valence-electron chi connectivity index (χ2n) is 5.98. The first-order valence-electron chi connectivity index (χ1n) is 8.62. The maximum atomic E-state index is 12.1. The number of nitrogens with zero attached hydrogens (tertiary/aromatic N) is 2. The molecule has 2 N–H and O–H groups in total. The summed E-state index contributed by atoms with van der Waals surface area (Å²) < 4.78 is 5.22. The Labute approximate surface area is 170 Å². The number of carbonyl (C=O) groups excluding carboxylic acids is 2. The maximum absolute atomic E-state index is 12.1. The second-order valence-corrected chi connectivity index (χ2v) is 5.98. The van der Waals surface area contributed by atoms with E-state index in [9.17, 15) is 24.8 Å². The summed E-state index contributed by atoms with van der Waals surface area (Å²) in [6, 6.07) is 17.5. The summed E-state index contributed by atoms with van der Waals surface area (Å²) in [5, 5.41) is 24.1. The fraction of sp³-hybridized carbons (Fsp3) is 0. The third-order valence-electron chi connectivity index (χ3n) is 3.93. The van der Waals surface area contributed by atoms with Gasteiger partial charge < -0.3 is 9.84 Å². The van der Waals surface area contributed by atoms with Gasteiger partial charge in [0.15, 0.2) is 0 Å². The van der Waals surface area contributed by atoms with Crippen LogP contribution >= 0.6 is 0 Å². The number of aromatic hydroxyl groups is 1. The van der Waals surface area contributed by atoms with E-state index in [2.05, 4.69) is 10.5 Å². The molecule has 0 atom stereocenters. The Morgan fingerprint density at radius 1 is 1.00 bits per heavy atom. The van der Waals surface area contributed by atoms with E-state index in [0.29, 0.717) is 5.56 Å². The molecule has 3 aromatic carbocycles. The quantitative estimate of drug-likeness (QED) is 0.213. The summed E-state index contributed by atoms with van der Waals surface area (Å²) in [6.45, 7) is 0. The van der Waals surface area contributed by atoms with Gasteiger partial charge in [-0.2, -0.15) is 5.10 Å². The van der Waals surface area contributed by atoms with Crippen molar-refractivity contribution in [1.82, 2.24) is 5.43 Å². The highest BCUT2D eigenvalue weighted by atomic mass is 16.6. The van der Waals surface area contributed by atoms with Gasteiger partial charge in [0, 0.05) is 12.1 Å². The molecule has 0 fully saturated rings. The van der Waals surface area contributed by atoms with Crippen molar-refractivity contribution in [3.8, 4) is 11.5 Å². The lowest BCUT2D eigenvalue weighted by Gasteiger charge is -2.05. The van der Waals surface area contributed by atoms with Crippen molar-refractivity contribution in [3.05, 3.63) is 99.6 Å². The number of hydrazone groups is 1. The average Bonchev–Trinajstić information content (AvgIpc) is 2.75. The molecule has 0 spiro atoms. The molecule has 0 aliphatic rings. The number of amides is 1. The van der Waals surface area contributed by atoms with Crippen LogP contribution in [0.15, 0.2) is 77.9 Å². The number of ether oxygens (including phenoxy) is 1. The summed E-state index contributed by atoms with van der Waals surface area (Å²) in [4.78, 5) is 34.1. The van der Waals surface area contributed by atoms with Crippen molar-refractivity contribution in [1.29, 1.82) is 0 Å². The number of para-hydroxylation sites is 1. The summed E-state index contributed by atoms with van der Waals surface area (Å²) in [7, 11) is 0. The van der Waals surface area contributed by atoms with Crippen LogP contribution in [-0.4, -0.2) is 28.1 Å². The molecular weight excluding hydrogens is 390 g/mol. The van der Waals surface area contributed by atoms with E-state index in [4.69, 9.17) is 4.74 Å². The highest BCUT2D eigenvalue weighted by Gasteiger charge is 2.12. The summed E-state index contributed by atoms with van der Waals surface area (Å²) in [5.41, 5.74) is 3.09.